The highest BCUT2D eigenvalue weighted by atomic mass is 32.1. The van der Waals surface area contributed by atoms with Gasteiger partial charge in [0.2, 0.25) is 0 Å². The third-order valence-electron chi connectivity index (χ3n) is 12.1. The molecule has 58 heavy (non-hydrogen) atoms. The predicted molar refractivity (Wildman–Crippen MR) is 241 cm³/mol. The van der Waals surface area contributed by atoms with E-state index < -0.39 is 0 Å². The summed E-state index contributed by atoms with van der Waals surface area (Å²) in [6.07, 6.45) is 0. The van der Waals surface area contributed by atoms with Gasteiger partial charge < -0.3 is 13.4 Å². The van der Waals surface area contributed by atoms with Gasteiger partial charge in [0, 0.05) is 63.9 Å². The van der Waals surface area contributed by atoms with Gasteiger partial charge in [0.05, 0.1) is 11.0 Å². The van der Waals surface area contributed by atoms with Gasteiger partial charge in [-0.1, -0.05) is 84.9 Å². The van der Waals surface area contributed by atoms with Crippen LogP contribution in [0.2, 0.25) is 0 Å². The molecule has 5 aromatic heterocycles. The van der Waals surface area contributed by atoms with Crippen molar-refractivity contribution in [1.82, 2.24) is 14.5 Å². The fourth-order valence-corrected chi connectivity index (χ4v) is 10.7. The fourth-order valence-electron chi connectivity index (χ4n) is 9.54. The molecule has 0 N–H and O–H groups in total. The van der Waals surface area contributed by atoms with Crippen LogP contribution in [0.15, 0.2) is 173 Å². The molecule has 0 spiro atoms. The summed E-state index contributed by atoms with van der Waals surface area (Å²) in [4.78, 5) is 10.4. The zero-order valence-corrected chi connectivity index (χ0v) is 31.5. The molecule has 9 aromatic carbocycles. The van der Waals surface area contributed by atoms with Crippen LogP contribution in [-0.2, 0) is 0 Å². The molecule has 0 unspecified atom stereocenters. The molecule has 0 aliphatic heterocycles. The van der Waals surface area contributed by atoms with Crippen molar-refractivity contribution in [2.75, 3.05) is 0 Å². The first-order chi connectivity index (χ1) is 28.7. The van der Waals surface area contributed by atoms with E-state index in [0.717, 1.165) is 71.7 Å². The van der Waals surface area contributed by atoms with Gasteiger partial charge in [-0.2, -0.15) is 0 Å². The lowest BCUT2D eigenvalue weighted by Gasteiger charge is -2.12. The molecule has 0 aliphatic carbocycles. The van der Waals surface area contributed by atoms with Crippen molar-refractivity contribution in [3.05, 3.63) is 164 Å². The molecule has 0 radical (unpaired) electrons. The number of hydrogen-bond donors (Lipinski definition) is 0. The minimum Gasteiger partial charge on any atom is -0.456 e. The molecule has 0 fully saturated rings. The van der Waals surface area contributed by atoms with E-state index in [-0.39, 0.29) is 0 Å². The summed E-state index contributed by atoms with van der Waals surface area (Å²) in [5.41, 5.74) is 10.2. The van der Waals surface area contributed by atoms with Crippen LogP contribution in [0.1, 0.15) is 0 Å². The van der Waals surface area contributed by atoms with Crippen LogP contribution in [0, 0.1) is 0 Å². The minimum atomic E-state index is 0.650. The number of para-hydroxylation sites is 2. The number of aromatic nitrogens is 3. The number of hydrogen-bond acceptors (Lipinski definition) is 5. The average molecular weight is 758 g/mol. The summed E-state index contributed by atoms with van der Waals surface area (Å²) >= 11 is 1.89. The molecule has 6 heteroatoms. The summed E-state index contributed by atoms with van der Waals surface area (Å²) in [7, 11) is 0. The topological polar surface area (TPSA) is 57.0 Å². The molecule has 0 saturated carbocycles. The van der Waals surface area contributed by atoms with Crippen LogP contribution in [0.3, 0.4) is 0 Å². The molecule has 14 rings (SSSR count). The van der Waals surface area contributed by atoms with Crippen LogP contribution in [0.25, 0.3) is 136 Å². The molecular weight excluding hydrogens is 731 g/mol. The van der Waals surface area contributed by atoms with E-state index in [1.54, 1.807) is 0 Å². The molecule has 5 nitrogen and oxygen atoms in total. The van der Waals surface area contributed by atoms with E-state index in [4.69, 9.17) is 18.8 Å². The molecule has 0 atom stereocenters. The lowest BCUT2D eigenvalue weighted by molar-refractivity contribution is 0.666. The largest absolute Gasteiger partial charge is 0.456 e. The second-order valence-corrected chi connectivity index (χ2v) is 16.4. The van der Waals surface area contributed by atoms with Gasteiger partial charge in [0.15, 0.2) is 11.4 Å². The Morgan fingerprint density at radius 1 is 0.431 bits per heavy atom. The Labute approximate surface area is 332 Å². The Balaban J connectivity index is 0.963. The zero-order chi connectivity index (χ0) is 37.6. The van der Waals surface area contributed by atoms with E-state index in [0.29, 0.717) is 11.4 Å². The van der Waals surface area contributed by atoms with Gasteiger partial charge >= 0.3 is 0 Å². The second-order valence-electron chi connectivity index (χ2n) is 15.3. The number of fused-ring (bicyclic) bond motifs is 7. The summed E-state index contributed by atoms with van der Waals surface area (Å²) in [5.74, 6) is 0.650. The van der Waals surface area contributed by atoms with Crippen molar-refractivity contribution in [2.24, 2.45) is 0 Å². The van der Waals surface area contributed by atoms with Crippen molar-refractivity contribution >= 4 is 119 Å². The van der Waals surface area contributed by atoms with Crippen LogP contribution in [-0.4, -0.2) is 14.5 Å². The molecule has 268 valence electrons. The first kappa shape index (κ1) is 30.7. The second kappa shape index (κ2) is 11.1. The minimum absolute atomic E-state index is 0.650. The standard InChI is InChI=1S/C52H27N3O2S/c1-3-11-40-35(9-1)37-27-32(20-24-42(37)56-40)49-51-50(36-10-2-4-12-41(36)57-51)54-52(53-49)33-16-15-31-26-34(21-17-30(31)25-33)55-38-22-18-28-7-5-13-43-45(28)47(38)48-39(55)23-19-29-8-6-14-44(58-43)46(29)48/h1-27H. The lowest BCUT2D eigenvalue weighted by Crippen LogP contribution is -1.95. The van der Waals surface area contributed by atoms with Crippen LogP contribution in [0.5, 0.6) is 0 Å². The van der Waals surface area contributed by atoms with Crippen LogP contribution >= 0.6 is 11.3 Å². The van der Waals surface area contributed by atoms with E-state index in [9.17, 15) is 0 Å². The van der Waals surface area contributed by atoms with Gasteiger partial charge in [0.25, 0.3) is 0 Å². The molecule has 14 aromatic rings. The zero-order valence-electron chi connectivity index (χ0n) is 30.7. The summed E-state index contributed by atoms with van der Waals surface area (Å²) < 4.78 is 17.7. The van der Waals surface area contributed by atoms with Gasteiger partial charge in [-0.05, 0) is 100 Å². The van der Waals surface area contributed by atoms with Gasteiger partial charge in [-0.25, -0.2) is 9.97 Å². The van der Waals surface area contributed by atoms with Gasteiger partial charge in [-0.15, -0.1) is 11.3 Å². The maximum absolute atomic E-state index is 6.49. The predicted octanol–water partition coefficient (Wildman–Crippen LogP) is 14.8. The number of furan rings is 2. The quantitative estimate of drug-likeness (QED) is 0.180. The van der Waals surface area contributed by atoms with E-state index in [1.807, 2.05) is 53.8 Å². The number of nitrogens with zero attached hydrogens (tertiary/aromatic N) is 3. The van der Waals surface area contributed by atoms with E-state index >= 15 is 0 Å². The van der Waals surface area contributed by atoms with Crippen molar-refractivity contribution < 1.29 is 8.83 Å². The molecule has 0 bridgehead atoms. The van der Waals surface area contributed by atoms with Crippen LogP contribution < -0.4 is 0 Å². The maximum Gasteiger partial charge on any atom is 0.180 e. The smallest absolute Gasteiger partial charge is 0.180 e. The third kappa shape index (κ3) is 4.09. The van der Waals surface area contributed by atoms with Crippen molar-refractivity contribution in [1.29, 1.82) is 0 Å². The highest BCUT2D eigenvalue weighted by Crippen LogP contribution is 2.46. The average Bonchev–Trinajstić information content (AvgIpc) is 3.92. The molecule has 0 aliphatic rings. The summed E-state index contributed by atoms with van der Waals surface area (Å²) in [6.45, 7) is 0. The molecule has 0 amide bonds. The van der Waals surface area contributed by atoms with E-state index in [2.05, 4.69) is 126 Å². The van der Waals surface area contributed by atoms with Gasteiger partial charge in [-0.3, -0.25) is 0 Å². The monoisotopic (exact) mass is 757 g/mol. The first-order valence-corrected chi connectivity index (χ1v) is 20.3. The Kier molecular flexibility index (Phi) is 5.85. The number of rotatable bonds is 3. The summed E-state index contributed by atoms with van der Waals surface area (Å²) in [6, 6.07) is 58.4. The highest BCUT2D eigenvalue weighted by Gasteiger charge is 2.22. The van der Waals surface area contributed by atoms with Crippen molar-refractivity contribution in [2.45, 2.75) is 0 Å². The van der Waals surface area contributed by atoms with Crippen molar-refractivity contribution in [3.8, 4) is 28.3 Å². The lowest BCUT2D eigenvalue weighted by atomic mass is 10.00. The fraction of sp³-hybridized carbons (Fsp3) is 0. The molecule has 0 saturated heterocycles. The van der Waals surface area contributed by atoms with E-state index in [1.165, 1.54) is 52.8 Å². The normalized spacial score (nSPS) is 12.5. The SMILES string of the molecule is c1ccc2c(c1)oc1ccc(-c3nc(-c4ccc5cc(-n6c7ccc8cccc9sc%10cccc%11ccc6c(c%11%10)c7c89)ccc5c4)nc4c3oc3ccccc34)cc12. The van der Waals surface area contributed by atoms with Gasteiger partial charge in [0.1, 0.15) is 28.0 Å². The Bertz CT molecular complexity index is 3950. The molecular formula is C52H27N3O2S. The third-order valence-corrected chi connectivity index (χ3v) is 13.3. The maximum atomic E-state index is 6.49. The number of benzene rings is 9. The first-order valence-electron chi connectivity index (χ1n) is 19.5. The van der Waals surface area contributed by atoms with Crippen molar-refractivity contribution in [3.63, 3.8) is 0 Å². The van der Waals surface area contributed by atoms with Crippen LogP contribution in [0.4, 0.5) is 0 Å². The molecule has 5 heterocycles. The highest BCUT2D eigenvalue weighted by molar-refractivity contribution is 7.24. The Hall–Kier alpha value is -7.54. The Morgan fingerprint density at radius 3 is 1.84 bits per heavy atom. The summed E-state index contributed by atoms with van der Waals surface area (Å²) in [5, 5.41) is 13.2. The Morgan fingerprint density at radius 2 is 1.07 bits per heavy atom.